The molecule has 0 spiro atoms. The Balaban J connectivity index is 2.64. The van der Waals surface area contributed by atoms with Gasteiger partial charge in [0.05, 0.1) is 12.3 Å². The molecule has 0 unspecified atom stereocenters. The summed E-state index contributed by atoms with van der Waals surface area (Å²) < 4.78 is 6.86. The molecule has 90 valence electrons. The number of fused-ring (bicyclic) bond motifs is 1. The normalized spacial score (nSPS) is 10.8. The van der Waals surface area contributed by atoms with Crippen LogP contribution in [0.3, 0.4) is 0 Å². The molecule has 0 aliphatic heterocycles. The monoisotopic (exact) mass is 232 g/mol. The number of hydrogen-bond donors (Lipinski definition) is 0. The van der Waals surface area contributed by atoms with E-state index in [9.17, 15) is 4.79 Å². The van der Waals surface area contributed by atoms with Crippen LogP contribution in [0.1, 0.15) is 35.6 Å². The van der Waals surface area contributed by atoms with E-state index in [0.717, 1.165) is 17.6 Å². The van der Waals surface area contributed by atoms with Gasteiger partial charge in [0.15, 0.2) is 5.69 Å². The summed E-state index contributed by atoms with van der Waals surface area (Å²) in [6.07, 6.45) is 2.74. The number of carbonyl (C=O) groups excluding carboxylic acids is 1. The van der Waals surface area contributed by atoms with Gasteiger partial charge < -0.3 is 4.74 Å². The second-order valence-electron chi connectivity index (χ2n) is 3.85. The predicted octanol–water partition coefficient (Wildman–Crippen LogP) is 2.38. The van der Waals surface area contributed by atoms with Crippen LogP contribution in [-0.4, -0.2) is 22.0 Å². The van der Waals surface area contributed by atoms with Crippen molar-refractivity contribution in [3.05, 3.63) is 35.3 Å². The number of esters is 1. The molecule has 2 aromatic rings. The number of rotatable bonds is 3. The van der Waals surface area contributed by atoms with Crippen molar-refractivity contribution in [3.63, 3.8) is 0 Å². The lowest BCUT2D eigenvalue weighted by molar-refractivity contribution is 0.0517. The Hall–Kier alpha value is -1.84. The lowest BCUT2D eigenvalue weighted by atomic mass is 10.2. The molecule has 0 radical (unpaired) electrons. The number of aryl methyl sites for hydroxylation is 2. The molecule has 2 rings (SSSR count). The minimum absolute atomic E-state index is 0.314. The van der Waals surface area contributed by atoms with Crippen molar-refractivity contribution in [1.29, 1.82) is 0 Å². The molecule has 0 aromatic carbocycles. The number of imidazole rings is 1. The minimum atomic E-state index is -0.314. The van der Waals surface area contributed by atoms with Gasteiger partial charge in [0.25, 0.3) is 0 Å². The standard InChI is InChI=1S/C13H16N2O2/c1-4-10-7-6-8-15-11(13(16)17-5-2)9(3)14-12(10)15/h6-8H,4-5H2,1-3H3. The average molecular weight is 232 g/mol. The zero-order valence-electron chi connectivity index (χ0n) is 10.4. The van der Waals surface area contributed by atoms with Crippen molar-refractivity contribution in [2.24, 2.45) is 0 Å². The number of hydrogen-bond acceptors (Lipinski definition) is 3. The molecule has 0 aliphatic carbocycles. The maximum atomic E-state index is 11.9. The molecule has 2 heterocycles. The summed E-state index contributed by atoms with van der Waals surface area (Å²) in [6, 6.07) is 3.95. The van der Waals surface area contributed by atoms with Crippen molar-refractivity contribution < 1.29 is 9.53 Å². The molecule has 0 amide bonds. The van der Waals surface area contributed by atoms with Crippen LogP contribution in [0.5, 0.6) is 0 Å². The molecular formula is C13H16N2O2. The summed E-state index contributed by atoms with van der Waals surface area (Å²) in [5.74, 6) is -0.314. The Morgan fingerprint density at radius 2 is 2.24 bits per heavy atom. The van der Waals surface area contributed by atoms with E-state index in [1.54, 1.807) is 6.92 Å². The number of ether oxygens (including phenoxy) is 1. The molecule has 17 heavy (non-hydrogen) atoms. The number of aromatic nitrogens is 2. The van der Waals surface area contributed by atoms with E-state index in [0.29, 0.717) is 18.0 Å². The molecule has 0 bridgehead atoms. The lowest BCUT2D eigenvalue weighted by Gasteiger charge is -2.04. The molecule has 0 fully saturated rings. The van der Waals surface area contributed by atoms with Crippen molar-refractivity contribution in [2.45, 2.75) is 27.2 Å². The van der Waals surface area contributed by atoms with Gasteiger partial charge >= 0.3 is 5.97 Å². The third kappa shape index (κ3) is 1.90. The summed E-state index contributed by atoms with van der Waals surface area (Å²) >= 11 is 0. The molecule has 0 aliphatic rings. The van der Waals surface area contributed by atoms with Gasteiger partial charge in [-0.25, -0.2) is 9.78 Å². The third-order valence-electron chi connectivity index (χ3n) is 2.75. The summed E-state index contributed by atoms with van der Waals surface area (Å²) in [4.78, 5) is 16.3. The first-order valence-corrected chi connectivity index (χ1v) is 5.82. The predicted molar refractivity (Wildman–Crippen MR) is 65.3 cm³/mol. The first kappa shape index (κ1) is 11.6. The fourth-order valence-electron chi connectivity index (χ4n) is 1.96. The fraction of sp³-hybridized carbons (Fsp3) is 0.385. The van der Waals surface area contributed by atoms with Crippen molar-refractivity contribution >= 4 is 11.6 Å². The van der Waals surface area contributed by atoms with E-state index in [1.165, 1.54) is 0 Å². The fourth-order valence-corrected chi connectivity index (χ4v) is 1.96. The van der Waals surface area contributed by atoms with E-state index < -0.39 is 0 Å². The Labute approximate surface area is 100 Å². The van der Waals surface area contributed by atoms with E-state index in [4.69, 9.17) is 4.74 Å². The Bertz CT molecular complexity index is 558. The van der Waals surface area contributed by atoms with E-state index in [-0.39, 0.29) is 5.97 Å². The van der Waals surface area contributed by atoms with Crippen LogP contribution in [0.15, 0.2) is 18.3 Å². The van der Waals surface area contributed by atoms with Gasteiger partial charge in [-0.05, 0) is 31.9 Å². The first-order valence-electron chi connectivity index (χ1n) is 5.82. The minimum Gasteiger partial charge on any atom is -0.461 e. The first-order chi connectivity index (χ1) is 8.19. The van der Waals surface area contributed by atoms with Crippen LogP contribution in [-0.2, 0) is 11.2 Å². The van der Waals surface area contributed by atoms with Crippen LogP contribution in [0.4, 0.5) is 0 Å². The largest absolute Gasteiger partial charge is 0.461 e. The van der Waals surface area contributed by atoms with Gasteiger partial charge in [0.1, 0.15) is 5.65 Å². The molecule has 0 saturated heterocycles. The van der Waals surface area contributed by atoms with Gasteiger partial charge in [0, 0.05) is 6.20 Å². The Morgan fingerprint density at radius 3 is 2.88 bits per heavy atom. The molecule has 0 atom stereocenters. The molecule has 0 saturated carbocycles. The molecular weight excluding hydrogens is 216 g/mol. The Kier molecular flexibility index (Phi) is 3.13. The average Bonchev–Trinajstić information content (AvgIpc) is 2.65. The highest BCUT2D eigenvalue weighted by Gasteiger charge is 2.18. The van der Waals surface area contributed by atoms with Gasteiger partial charge in [0.2, 0.25) is 0 Å². The van der Waals surface area contributed by atoms with Gasteiger partial charge in [-0.15, -0.1) is 0 Å². The number of carbonyl (C=O) groups is 1. The maximum Gasteiger partial charge on any atom is 0.357 e. The SMILES string of the molecule is CCOC(=O)c1c(C)nc2c(CC)cccn12. The van der Waals surface area contributed by atoms with E-state index in [2.05, 4.69) is 11.9 Å². The number of pyridine rings is 1. The molecule has 4 heteroatoms. The summed E-state index contributed by atoms with van der Waals surface area (Å²) in [6.45, 7) is 6.08. The van der Waals surface area contributed by atoms with Crippen LogP contribution < -0.4 is 0 Å². The van der Waals surface area contributed by atoms with Crippen LogP contribution >= 0.6 is 0 Å². The zero-order chi connectivity index (χ0) is 12.4. The van der Waals surface area contributed by atoms with Crippen LogP contribution in [0, 0.1) is 6.92 Å². The number of nitrogens with zero attached hydrogens (tertiary/aromatic N) is 2. The molecule has 0 N–H and O–H groups in total. The van der Waals surface area contributed by atoms with E-state index >= 15 is 0 Å². The highest BCUT2D eigenvalue weighted by atomic mass is 16.5. The smallest absolute Gasteiger partial charge is 0.357 e. The topological polar surface area (TPSA) is 43.6 Å². The second-order valence-corrected chi connectivity index (χ2v) is 3.85. The van der Waals surface area contributed by atoms with Gasteiger partial charge in [-0.1, -0.05) is 13.0 Å². The Morgan fingerprint density at radius 1 is 1.47 bits per heavy atom. The summed E-state index contributed by atoms with van der Waals surface area (Å²) in [7, 11) is 0. The van der Waals surface area contributed by atoms with Crippen molar-refractivity contribution in [1.82, 2.24) is 9.38 Å². The maximum absolute atomic E-state index is 11.9. The highest BCUT2D eigenvalue weighted by molar-refractivity contribution is 5.90. The quantitative estimate of drug-likeness (QED) is 0.763. The van der Waals surface area contributed by atoms with Crippen molar-refractivity contribution in [3.8, 4) is 0 Å². The van der Waals surface area contributed by atoms with Crippen LogP contribution in [0.25, 0.3) is 5.65 Å². The van der Waals surface area contributed by atoms with E-state index in [1.807, 2.05) is 29.7 Å². The second kappa shape index (κ2) is 4.57. The van der Waals surface area contributed by atoms with Gasteiger partial charge in [-0.2, -0.15) is 0 Å². The summed E-state index contributed by atoms with van der Waals surface area (Å²) in [5.41, 5.74) is 3.21. The lowest BCUT2D eigenvalue weighted by Crippen LogP contribution is -2.09. The third-order valence-corrected chi connectivity index (χ3v) is 2.75. The van der Waals surface area contributed by atoms with Crippen LogP contribution in [0.2, 0.25) is 0 Å². The molecule has 2 aromatic heterocycles. The molecule has 4 nitrogen and oxygen atoms in total. The summed E-state index contributed by atoms with van der Waals surface area (Å²) in [5, 5.41) is 0. The highest BCUT2D eigenvalue weighted by Crippen LogP contribution is 2.17. The van der Waals surface area contributed by atoms with Crippen molar-refractivity contribution in [2.75, 3.05) is 6.61 Å². The van der Waals surface area contributed by atoms with Gasteiger partial charge in [-0.3, -0.25) is 4.40 Å². The zero-order valence-corrected chi connectivity index (χ0v) is 10.4.